The fourth-order valence-corrected chi connectivity index (χ4v) is 2.95. The second kappa shape index (κ2) is 8.67. The third kappa shape index (κ3) is 4.14. The van der Waals surface area contributed by atoms with Crippen molar-refractivity contribution in [2.45, 2.75) is 20.3 Å². The van der Waals surface area contributed by atoms with Gasteiger partial charge in [-0.2, -0.15) is 0 Å². The van der Waals surface area contributed by atoms with Crippen molar-refractivity contribution >= 4 is 11.2 Å². The first kappa shape index (κ1) is 18.2. The molecule has 2 heterocycles. The van der Waals surface area contributed by atoms with Crippen LogP contribution >= 0.6 is 0 Å². The van der Waals surface area contributed by atoms with Crippen LogP contribution in [0.15, 0.2) is 36.5 Å². The van der Waals surface area contributed by atoms with Crippen molar-refractivity contribution in [3.05, 3.63) is 36.5 Å². The van der Waals surface area contributed by atoms with Crippen LogP contribution in [0.25, 0.3) is 22.6 Å². The number of H-pyrrole nitrogens is 1. The van der Waals surface area contributed by atoms with E-state index < -0.39 is 0 Å². The summed E-state index contributed by atoms with van der Waals surface area (Å²) in [5.41, 5.74) is 2.49. The molecule has 0 amide bonds. The summed E-state index contributed by atoms with van der Waals surface area (Å²) in [5.74, 6) is 2.27. The average Bonchev–Trinajstić information content (AvgIpc) is 3.12. The SMILES string of the molecule is CCN(CC)CCCOc1ccc(-c2nc3ncccc3[nH]2)c(OC)c1. The van der Waals surface area contributed by atoms with E-state index in [2.05, 4.69) is 33.7 Å². The van der Waals surface area contributed by atoms with Crippen LogP contribution < -0.4 is 9.47 Å². The summed E-state index contributed by atoms with van der Waals surface area (Å²) in [6.07, 6.45) is 2.74. The molecule has 3 aromatic rings. The third-order valence-electron chi connectivity index (χ3n) is 4.47. The van der Waals surface area contributed by atoms with Crippen molar-refractivity contribution in [3.8, 4) is 22.9 Å². The van der Waals surface area contributed by atoms with Crippen LogP contribution in [0.2, 0.25) is 0 Å². The first-order valence-electron chi connectivity index (χ1n) is 9.09. The summed E-state index contributed by atoms with van der Waals surface area (Å²) < 4.78 is 11.4. The molecule has 0 aliphatic carbocycles. The van der Waals surface area contributed by atoms with Gasteiger partial charge in [0, 0.05) is 18.8 Å². The lowest BCUT2D eigenvalue weighted by atomic mass is 10.2. The van der Waals surface area contributed by atoms with E-state index in [4.69, 9.17) is 9.47 Å². The van der Waals surface area contributed by atoms with Gasteiger partial charge in [0.25, 0.3) is 0 Å². The molecule has 0 spiro atoms. The van der Waals surface area contributed by atoms with Gasteiger partial charge in [0.2, 0.25) is 0 Å². The highest BCUT2D eigenvalue weighted by molar-refractivity contribution is 5.77. The predicted octanol–water partition coefficient (Wildman–Crippen LogP) is 3.74. The van der Waals surface area contributed by atoms with Gasteiger partial charge in [-0.15, -0.1) is 0 Å². The van der Waals surface area contributed by atoms with Gasteiger partial charge < -0.3 is 19.4 Å². The normalized spacial score (nSPS) is 11.2. The van der Waals surface area contributed by atoms with Crippen LogP contribution in [-0.2, 0) is 0 Å². The molecule has 0 bridgehead atoms. The summed E-state index contributed by atoms with van der Waals surface area (Å²) in [7, 11) is 1.66. The largest absolute Gasteiger partial charge is 0.496 e. The van der Waals surface area contributed by atoms with Crippen LogP contribution in [0, 0.1) is 0 Å². The van der Waals surface area contributed by atoms with Crippen molar-refractivity contribution in [1.29, 1.82) is 0 Å². The molecule has 26 heavy (non-hydrogen) atoms. The van der Waals surface area contributed by atoms with Crippen molar-refractivity contribution in [3.63, 3.8) is 0 Å². The lowest BCUT2D eigenvalue weighted by molar-refractivity contribution is 0.248. The number of nitrogens with zero attached hydrogens (tertiary/aromatic N) is 3. The molecule has 0 aliphatic heterocycles. The highest BCUT2D eigenvalue weighted by Crippen LogP contribution is 2.32. The number of benzene rings is 1. The fourth-order valence-electron chi connectivity index (χ4n) is 2.95. The van der Waals surface area contributed by atoms with E-state index in [9.17, 15) is 0 Å². The topological polar surface area (TPSA) is 63.3 Å². The maximum Gasteiger partial charge on any atom is 0.178 e. The number of hydrogen-bond donors (Lipinski definition) is 1. The Hall–Kier alpha value is -2.60. The average molecular weight is 354 g/mol. The van der Waals surface area contributed by atoms with Gasteiger partial charge in [0.05, 0.1) is 24.8 Å². The standard InChI is InChI=1S/C20H26N4O2/c1-4-24(5-2)12-7-13-26-15-9-10-16(18(14-15)25-3)19-22-17-8-6-11-21-20(17)23-19/h6,8-11,14H,4-5,7,12-13H2,1-3H3,(H,21,22,23). The molecule has 0 saturated heterocycles. The lowest BCUT2D eigenvalue weighted by Gasteiger charge is -2.17. The van der Waals surface area contributed by atoms with Gasteiger partial charge >= 0.3 is 0 Å². The van der Waals surface area contributed by atoms with E-state index in [-0.39, 0.29) is 0 Å². The van der Waals surface area contributed by atoms with E-state index in [1.54, 1.807) is 13.3 Å². The van der Waals surface area contributed by atoms with E-state index in [1.807, 2.05) is 30.3 Å². The Morgan fingerprint density at radius 1 is 1.15 bits per heavy atom. The summed E-state index contributed by atoms with van der Waals surface area (Å²) in [6, 6.07) is 9.68. The maximum atomic E-state index is 5.89. The van der Waals surface area contributed by atoms with Gasteiger partial charge in [-0.1, -0.05) is 13.8 Å². The Kier molecular flexibility index (Phi) is 6.07. The number of imidazole rings is 1. The van der Waals surface area contributed by atoms with Crippen molar-refractivity contribution in [1.82, 2.24) is 19.9 Å². The molecule has 0 saturated carbocycles. The minimum Gasteiger partial charge on any atom is -0.496 e. The minimum atomic E-state index is 0.688. The van der Waals surface area contributed by atoms with E-state index >= 15 is 0 Å². The highest BCUT2D eigenvalue weighted by Gasteiger charge is 2.12. The molecule has 0 radical (unpaired) electrons. The van der Waals surface area contributed by atoms with Crippen LogP contribution in [0.1, 0.15) is 20.3 Å². The van der Waals surface area contributed by atoms with Crippen LogP contribution in [0.4, 0.5) is 0 Å². The summed E-state index contributed by atoms with van der Waals surface area (Å²) in [5, 5.41) is 0. The monoisotopic (exact) mass is 354 g/mol. The molecule has 6 heteroatoms. The molecule has 2 aromatic heterocycles. The molecule has 6 nitrogen and oxygen atoms in total. The van der Waals surface area contributed by atoms with E-state index in [1.165, 1.54) is 0 Å². The molecule has 0 atom stereocenters. The maximum absolute atomic E-state index is 5.89. The molecule has 0 aliphatic rings. The van der Waals surface area contributed by atoms with Gasteiger partial charge in [-0.25, -0.2) is 9.97 Å². The molecular weight excluding hydrogens is 328 g/mol. The number of rotatable bonds is 9. The van der Waals surface area contributed by atoms with Crippen molar-refractivity contribution in [2.75, 3.05) is 33.4 Å². The third-order valence-corrected chi connectivity index (χ3v) is 4.47. The summed E-state index contributed by atoms with van der Waals surface area (Å²) >= 11 is 0. The first-order chi connectivity index (χ1) is 12.7. The Morgan fingerprint density at radius 3 is 2.73 bits per heavy atom. The number of fused-ring (bicyclic) bond motifs is 1. The molecule has 1 N–H and O–H groups in total. The van der Waals surface area contributed by atoms with Gasteiger partial charge in [0.15, 0.2) is 5.65 Å². The zero-order chi connectivity index (χ0) is 18.4. The van der Waals surface area contributed by atoms with Crippen molar-refractivity contribution < 1.29 is 9.47 Å². The lowest BCUT2D eigenvalue weighted by Crippen LogP contribution is -2.25. The Balaban J connectivity index is 1.69. The zero-order valence-electron chi connectivity index (χ0n) is 15.7. The number of nitrogens with one attached hydrogen (secondary N) is 1. The minimum absolute atomic E-state index is 0.688. The second-order valence-electron chi connectivity index (χ2n) is 6.05. The van der Waals surface area contributed by atoms with E-state index in [0.717, 1.165) is 54.5 Å². The number of methoxy groups -OCH3 is 1. The zero-order valence-corrected chi connectivity index (χ0v) is 15.7. The number of pyridine rings is 1. The van der Waals surface area contributed by atoms with Gasteiger partial charge in [-0.05, 0) is 43.8 Å². The number of hydrogen-bond acceptors (Lipinski definition) is 5. The number of aromatic nitrogens is 3. The smallest absolute Gasteiger partial charge is 0.178 e. The fraction of sp³-hybridized carbons (Fsp3) is 0.400. The number of aromatic amines is 1. The predicted molar refractivity (Wildman–Crippen MR) is 104 cm³/mol. The molecule has 1 aromatic carbocycles. The van der Waals surface area contributed by atoms with Gasteiger partial charge in [-0.3, -0.25) is 0 Å². The Morgan fingerprint density at radius 2 is 2.00 bits per heavy atom. The first-order valence-corrected chi connectivity index (χ1v) is 9.09. The van der Waals surface area contributed by atoms with E-state index in [0.29, 0.717) is 12.3 Å². The quantitative estimate of drug-likeness (QED) is 0.593. The molecule has 3 rings (SSSR count). The van der Waals surface area contributed by atoms with Crippen LogP contribution in [-0.4, -0.2) is 53.2 Å². The Bertz CT molecular complexity index is 810. The molecule has 0 fully saturated rings. The summed E-state index contributed by atoms with van der Waals surface area (Å²) in [6.45, 7) is 8.25. The van der Waals surface area contributed by atoms with Crippen LogP contribution in [0.3, 0.4) is 0 Å². The van der Waals surface area contributed by atoms with Crippen molar-refractivity contribution in [2.24, 2.45) is 0 Å². The van der Waals surface area contributed by atoms with Crippen LogP contribution in [0.5, 0.6) is 11.5 Å². The summed E-state index contributed by atoms with van der Waals surface area (Å²) in [4.78, 5) is 14.5. The molecule has 138 valence electrons. The molecule has 0 unspecified atom stereocenters. The Labute approximate surface area is 154 Å². The second-order valence-corrected chi connectivity index (χ2v) is 6.05. The highest BCUT2D eigenvalue weighted by atomic mass is 16.5. The number of ether oxygens (including phenoxy) is 2. The van der Waals surface area contributed by atoms with Gasteiger partial charge in [0.1, 0.15) is 17.3 Å². The molecular formula is C20H26N4O2.